The van der Waals surface area contributed by atoms with Crippen LogP contribution in [0.4, 0.5) is 13.2 Å². The van der Waals surface area contributed by atoms with Crippen LogP contribution in [0.1, 0.15) is 25.0 Å². The van der Waals surface area contributed by atoms with E-state index in [4.69, 9.17) is 0 Å². The van der Waals surface area contributed by atoms with E-state index in [1.54, 1.807) is 19.9 Å². The van der Waals surface area contributed by atoms with Gasteiger partial charge in [0.2, 0.25) is 0 Å². The first-order chi connectivity index (χ1) is 7.84. The van der Waals surface area contributed by atoms with E-state index in [0.717, 1.165) is 16.9 Å². The zero-order valence-electron chi connectivity index (χ0n) is 9.71. The molecule has 0 radical (unpaired) electrons. The highest BCUT2D eigenvalue weighted by atomic mass is 19.4. The fourth-order valence-electron chi connectivity index (χ4n) is 1.51. The Hall–Kier alpha value is -1.52. The molecule has 0 aliphatic heterocycles. The maximum Gasteiger partial charge on any atom is 0.416 e. The number of hydroxylamine groups is 1. The lowest BCUT2D eigenvalue weighted by Crippen LogP contribution is -2.15. The molecule has 0 N–H and O–H groups in total. The zero-order chi connectivity index (χ0) is 13.1. The standard InChI is InChI=1S/C12H14F3NO/c1-3-16(17)9(2)7-10-5-4-6-11(8-10)12(13,14)15/h4-6,8H,3,7H2,1-2H3/b16-9-. The first-order valence-electron chi connectivity index (χ1n) is 5.27. The van der Waals surface area contributed by atoms with Crippen LogP contribution in [-0.2, 0) is 12.6 Å². The number of hydrogen-bond donors (Lipinski definition) is 0. The Kier molecular flexibility index (Phi) is 4.15. The Labute approximate surface area is 98.0 Å². The van der Waals surface area contributed by atoms with Gasteiger partial charge >= 0.3 is 6.18 Å². The lowest BCUT2D eigenvalue weighted by Gasteiger charge is -2.09. The van der Waals surface area contributed by atoms with E-state index in [1.807, 2.05) is 0 Å². The number of alkyl halides is 3. The maximum absolute atomic E-state index is 12.5. The van der Waals surface area contributed by atoms with Gasteiger partial charge in [0.1, 0.15) is 0 Å². The molecule has 0 aromatic heterocycles. The van der Waals surface area contributed by atoms with E-state index in [0.29, 0.717) is 17.8 Å². The first-order valence-corrected chi connectivity index (χ1v) is 5.27. The molecule has 0 amide bonds. The average Bonchev–Trinajstić information content (AvgIpc) is 2.27. The zero-order valence-corrected chi connectivity index (χ0v) is 9.71. The van der Waals surface area contributed by atoms with E-state index in [1.165, 1.54) is 6.07 Å². The van der Waals surface area contributed by atoms with Crippen molar-refractivity contribution in [1.29, 1.82) is 0 Å². The summed E-state index contributed by atoms with van der Waals surface area (Å²) in [5.41, 5.74) is 0.315. The second-order valence-electron chi connectivity index (χ2n) is 3.80. The monoisotopic (exact) mass is 245 g/mol. The largest absolute Gasteiger partial charge is 0.624 e. The molecule has 0 heterocycles. The SMILES string of the molecule is CC/[N+]([O-])=C(\C)Cc1cccc(C(F)(F)F)c1. The molecule has 2 nitrogen and oxygen atoms in total. The quantitative estimate of drug-likeness (QED) is 0.347. The lowest BCUT2D eigenvalue weighted by molar-refractivity contribution is -0.454. The summed E-state index contributed by atoms with van der Waals surface area (Å²) in [4.78, 5) is 0. The van der Waals surface area contributed by atoms with Gasteiger partial charge in [0, 0.05) is 6.92 Å². The Morgan fingerprint density at radius 3 is 2.53 bits per heavy atom. The highest BCUT2D eigenvalue weighted by Gasteiger charge is 2.30. The molecule has 0 unspecified atom stereocenters. The van der Waals surface area contributed by atoms with Crippen LogP contribution < -0.4 is 0 Å². The third-order valence-electron chi connectivity index (χ3n) is 2.43. The predicted octanol–water partition coefficient (Wildman–Crippen LogP) is 3.24. The van der Waals surface area contributed by atoms with Crippen molar-refractivity contribution in [2.24, 2.45) is 0 Å². The summed E-state index contributed by atoms with van der Waals surface area (Å²) < 4.78 is 38.1. The van der Waals surface area contributed by atoms with Crippen molar-refractivity contribution in [3.8, 4) is 0 Å². The number of halogens is 3. The van der Waals surface area contributed by atoms with Gasteiger partial charge in [0.05, 0.1) is 12.0 Å². The summed E-state index contributed by atoms with van der Waals surface area (Å²) in [6.07, 6.45) is -4.10. The molecule has 0 spiro atoms. The van der Waals surface area contributed by atoms with Crippen LogP contribution in [0.2, 0.25) is 0 Å². The maximum atomic E-state index is 12.5. The molecule has 1 aromatic rings. The van der Waals surface area contributed by atoms with Crippen molar-refractivity contribution < 1.29 is 17.9 Å². The molecule has 0 fully saturated rings. The van der Waals surface area contributed by atoms with Crippen molar-refractivity contribution >= 4 is 5.71 Å². The van der Waals surface area contributed by atoms with Gasteiger partial charge in [-0.2, -0.15) is 13.2 Å². The summed E-state index contributed by atoms with van der Waals surface area (Å²) in [6.45, 7) is 3.62. The molecule has 0 bridgehead atoms. The van der Waals surface area contributed by atoms with Crippen molar-refractivity contribution in [3.63, 3.8) is 0 Å². The number of benzene rings is 1. The highest BCUT2D eigenvalue weighted by molar-refractivity contribution is 5.79. The molecule has 1 rings (SSSR count). The van der Waals surface area contributed by atoms with Crippen LogP contribution in [-0.4, -0.2) is 17.0 Å². The Morgan fingerprint density at radius 1 is 1.35 bits per heavy atom. The van der Waals surface area contributed by atoms with Gasteiger partial charge in [0.15, 0.2) is 12.3 Å². The smallest absolute Gasteiger partial charge is 0.416 e. The van der Waals surface area contributed by atoms with E-state index < -0.39 is 11.7 Å². The lowest BCUT2D eigenvalue weighted by atomic mass is 10.1. The van der Waals surface area contributed by atoms with E-state index >= 15 is 0 Å². The predicted molar refractivity (Wildman–Crippen MR) is 60.0 cm³/mol. The van der Waals surface area contributed by atoms with Crippen molar-refractivity contribution in [3.05, 3.63) is 40.6 Å². The minimum Gasteiger partial charge on any atom is -0.624 e. The molecule has 0 aliphatic carbocycles. The van der Waals surface area contributed by atoms with Crippen LogP contribution in [0.3, 0.4) is 0 Å². The summed E-state index contributed by atoms with van der Waals surface area (Å²) in [7, 11) is 0. The number of hydrogen-bond acceptors (Lipinski definition) is 1. The van der Waals surface area contributed by atoms with Crippen molar-refractivity contribution in [2.45, 2.75) is 26.4 Å². The third-order valence-corrected chi connectivity index (χ3v) is 2.43. The van der Waals surface area contributed by atoms with Gasteiger partial charge in [0.25, 0.3) is 0 Å². The highest BCUT2D eigenvalue weighted by Crippen LogP contribution is 2.29. The average molecular weight is 245 g/mol. The molecule has 0 atom stereocenters. The summed E-state index contributed by atoms with van der Waals surface area (Å²) in [6, 6.07) is 5.04. The molecule has 0 aliphatic rings. The number of rotatable bonds is 3. The second-order valence-corrected chi connectivity index (χ2v) is 3.80. The Morgan fingerprint density at radius 2 is 2.00 bits per heavy atom. The fraction of sp³-hybridized carbons (Fsp3) is 0.417. The summed E-state index contributed by atoms with van der Waals surface area (Å²) in [5.74, 6) is 0. The molecule has 5 heteroatoms. The Balaban J connectivity index is 2.94. The number of nitrogens with zero attached hydrogens (tertiary/aromatic N) is 1. The van der Waals surface area contributed by atoms with Crippen LogP contribution >= 0.6 is 0 Å². The summed E-state index contributed by atoms with van der Waals surface area (Å²) >= 11 is 0. The normalized spacial score (nSPS) is 13.5. The third kappa shape index (κ3) is 3.76. The fourth-order valence-corrected chi connectivity index (χ4v) is 1.51. The molecule has 1 aromatic carbocycles. The van der Waals surface area contributed by atoms with E-state index in [2.05, 4.69) is 0 Å². The molecular weight excluding hydrogens is 231 g/mol. The molecule has 0 saturated carbocycles. The van der Waals surface area contributed by atoms with Gasteiger partial charge in [-0.05, 0) is 18.6 Å². The van der Waals surface area contributed by atoms with Crippen LogP contribution in [0.15, 0.2) is 24.3 Å². The summed E-state index contributed by atoms with van der Waals surface area (Å²) in [5, 5.41) is 11.3. The molecule has 94 valence electrons. The molecule has 0 saturated heterocycles. The first kappa shape index (κ1) is 13.5. The van der Waals surface area contributed by atoms with Crippen molar-refractivity contribution in [2.75, 3.05) is 6.54 Å². The van der Waals surface area contributed by atoms with Gasteiger partial charge in [-0.3, -0.25) is 0 Å². The van der Waals surface area contributed by atoms with Crippen LogP contribution in [0.25, 0.3) is 0 Å². The Bertz CT molecular complexity index is 424. The molecule has 17 heavy (non-hydrogen) atoms. The minimum absolute atomic E-state index is 0.237. The van der Waals surface area contributed by atoms with E-state index in [-0.39, 0.29) is 6.42 Å². The van der Waals surface area contributed by atoms with Crippen LogP contribution in [0, 0.1) is 5.21 Å². The topological polar surface area (TPSA) is 26.1 Å². The molecular formula is C12H14F3NO. The van der Waals surface area contributed by atoms with Crippen LogP contribution in [0.5, 0.6) is 0 Å². The van der Waals surface area contributed by atoms with Gasteiger partial charge in [-0.1, -0.05) is 18.2 Å². The van der Waals surface area contributed by atoms with Gasteiger partial charge < -0.3 is 5.21 Å². The van der Waals surface area contributed by atoms with Gasteiger partial charge in [-0.15, -0.1) is 0 Å². The van der Waals surface area contributed by atoms with Gasteiger partial charge in [-0.25, -0.2) is 4.74 Å². The minimum atomic E-state index is -4.34. The second kappa shape index (κ2) is 5.21. The van der Waals surface area contributed by atoms with Crippen molar-refractivity contribution in [1.82, 2.24) is 0 Å². The van der Waals surface area contributed by atoms with E-state index in [9.17, 15) is 18.4 Å².